The molecule has 0 bridgehead atoms. The van der Waals surface area contributed by atoms with Crippen LogP contribution >= 0.6 is 0 Å². The van der Waals surface area contributed by atoms with Gasteiger partial charge in [-0.3, -0.25) is 10.1 Å². The molecule has 0 atom stereocenters. The first-order chi connectivity index (χ1) is 15.4. The minimum Gasteiger partial charge on any atom is -0.355 e. The zero-order chi connectivity index (χ0) is 22.7. The predicted octanol–water partition coefficient (Wildman–Crippen LogP) is 2.58. The summed E-state index contributed by atoms with van der Waals surface area (Å²) < 4.78 is 27.4. The van der Waals surface area contributed by atoms with Gasteiger partial charge in [-0.2, -0.15) is 4.31 Å². The van der Waals surface area contributed by atoms with Crippen molar-refractivity contribution in [2.24, 2.45) is 0 Å². The van der Waals surface area contributed by atoms with Gasteiger partial charge in [-0.05, 0) is 38.0 Å². The Bertz CT molecular complexity index is 1060. The zero-order valence-electron chi connectivity index (χ0n) is 18.2. The van der Waals surface area contributed by atoms with Gasteiger partial charge in [0.05, 0.1) is 9.82 Å². The van der Waals surface area contributed by atoms with E-state index in [0.717, 1.165) is 30.8 Å². The van der Waals surface area contributed by atoms with Crippen molar-refractivity contribution in [3.8, 4) is 0 Å². The van der Waals surface area contributed by atoms with E-state index in [1.165, 1.54) is 42.1 Å². The summed E-state index contributed by atoms with van der Waals surface area (Å²) >= 11 is 0. The quantitative estimate of drug-likeness (QED) is 0.494. The number of rotatable bonds is 5. The highest BCUT2D eigenvalue weighted by atomic mass is 32.2. The Labute approximate surface area is 188 Å². The number of nitrogens with zero attached hydrogens (tertiary/aromatic N) is 6. The molecule has 11 heteroatoms. The maximum absolute atomic E-state index is 13.0. The highest BCUT2D eigenvalue weighted by molar-refractivity contribution is 7.89. The van der Waals surface area contributed by atoms with Gasteiger partial charge in [0.25, 0.3) is 5.69 Å². The van der Waals surface area contributed by atoms with Gasteiger partial charge in [-0.1, -0.05) is 18.9 Å². The van der Waals surface area contributed by atoms with Gasteiger partial charge in [0.15, 0.2) is 11.6 Å². The first-order valence-electron chi connectivity index (χ1n) is 10.9. The minimum atomic E-state index is -3.81. The fourth-order valence-electron chi connectivity index (χ4n) is 4.21. The second kappa shape index (κ2) is 9.37. The molecule has 2 saturated heterocycles. The van der Waals surface area contributed by atoms with E-state index in [-0.39, 0.29) is 23.7 Å². The first kappa shape index (κ1) is 22.4. The van der Waals surface area contributed by atoms with Crippen molar-refractivity contribution < 1.29 is 13.3 Å². The van der Waals surface area contributed by atoms with Gasteiger partial charge < -0.3 is 9.80 Å². The average Bonchev–Trinajstić information content (AvgIpc) is 3.09. The Morgan fingerprint density at radius 1 is 0.844 bits per heavy atom. The van der Waals surface area contributed by atoms with Crippen LogP contribution in [0.15, 0.2) is 35.2 Å². The Hall–Kier alpha value is -2.79. The summed E-state index contributed by atoms with van der Waals surface area (Å²) in [6.45, 7) is 5.10. The molecule has 172 valence electrons. The van der Waals surface area contributed by atoms with E-state index in [1.807, 2.05) is 17.0 Å². The van der Waals surface area contributed by atoms with E-state index in [4.69, 9.17) is 0 Å². The molecule has 2 aliphatic heterocycles. The van der Waals surface area contributed by atoms with Gasteiger partial charge in [0, 0.05) is 50.9 Å². The highest BCUT2D eigenvalue weighted by Gasteiger charge is 2.30. The molecule has 0 aliphatic carbocycles. The molecule has 2 aromatic rings. The van der Waals surface area contributed by atoms with Crippen LogP contribution in [0.25, 0.3) is 0 Å². The van der Waals surface area contributed by atoms with Gasteiger partial charge in [-0.15, -0.1) is 10.2 Å². The number of hydrogen-bond donors (Lipinski definition) is 0. The van der Waals surface area contributed by atoms with Crippen LogP contribution in [0.1, 0.15) is 31.2 Å². The maximum atomic E-state index is 13.0. The van der Waals surface area contributed by atoms with E-state index in [1.54, 1.807) is 6.92 Å². The summed E-state index contributed by atoms with van der Waals surface area (Å²) in [5.74, 6) is 1.62. The molecule has 0 N–H and O–H groups in total. The predicted molar refractivity (Wildman–Crippen MR) is 122 cm³/mol. The molecular weight excluding hydrogens is 432 g/mol. The van der Waals surface area contributed by atoms with Crippen molar-refractivity contribution >= 4 is 27.3 Å². The summed E-state index contributed by atoms with van der Waals surface area (Å²) in [6, 6.07) is 7.98. The molecule has 1 aromatic carbocycles. The van der Waals surface area contributed by atoms with Crippen molar-refractivity contribution in [3.63, 3.8) is 0 Å². The maximum Gasteiger partial charge on any atom is 0.273 e. The molecule has 0 radical (unpaired) electrons. The number of anilines is 2. The van der Waals surface area contributed by atoms with Gasteiger partial charge in [-0.25, -0.2) is 8.42 Å². The first-order valence-corrected chi connectivity index (χ1v) is 12.4. The lowest BCUT2D eigenvalue weighted by Gasteiger charge is -2.34. The van der Waals surface area contributed by atoms with E-state index in [2.05, 4.69) is 15.1 Å². The standard InChI is InChI=1S/C21H28N6O4S/c1-17-6-7-18(16-19(17)27(28)29)32(30,31)26-14-12-25(13-15-26)21-9-8-20(22-23-21)24-10-4-2-3-5-11-24/h6-9,16H,2-5,10-15H2,1H3. The molecule has 1 aromatic heterocycles. The van der Waals surface area contributed by atoms with E-state index in [0.29, 0.717) is 18.7 Å². The Kier molecular flexibility index (Phi) is 6.56. The molecule has 10 nitrogen and oxygen atoms in total. The van der Waals surface area contributed by atoms with Crippen LogP contribution in [0.3, 0.4) is 0 Å². The summed E-state index contributed by atoms with van der Waals surface area (Å²) in [6.07, 6.45) is 4.85. The molecule has 0 spiro atoms. The number of hydrogen-bond acceptors (Lipinski definition) is 8. The van der Waals surface area contributed by atoms with Crippen molar-refractivity contribution in [2.75, 3.05) is 49.1 Å². The highest BCUT2D eigenvalue weighted by Crippen LogP contribution is 2.26. The molecule has 0 saturated carbocycles. The molecular formula is C21H28N6O4S. The second-order valence-electron chi connectivity index (χ2n) is 8.25. The van der Waals surface area contributed by atoms with Crippen molar-refractivity contribution in [1.82, 2.24) is 14.5 Å². The molecule has 0 amide bonds. The molecule has 2 fully saturated rings. The number of benzene rings is 1. The summed E-state index contributed by atoms with van der Waals surface area (Å²) in [4.78, 5) is 14.9. The Balaban J connectivity index is 1.41. The second-order valence-corrected chi connectivity index (χ2v) is 10.2. The summed E-state index contributed by atoms with van der Waals surface area (Å²) in [5.41, 5.74) is 0.241. The third-order valence-electron chi connectivity index (χ3n) is 6.14. The molecule has 0 unspecified atom stereocenters. The van der Waals surface area contributed by atoms with Gasteiger partial charge in [0.1, 0.15) is 0 Å². The third-order valence-corrected chi connectivity index (χ3v) is 8.04. The van der Waals surface area contributed by atoms with Crippen molar-refractivity contribution in [3.05, 3.63) is 46.0 Å². The van der Waals surface area contributed by atoms with Gasteiger partial charge in [0.2, 0.25) is 10.0 Å². The normalized spacial score (nSPS) is 18.4. The van der Waals surface area contributed by atoms with E-state index < -0.39 is 14.9 Å². The van der Waals surface area contributed by atoms with Gasteiger partial charge >= 0.3 is 0 Å². The van der Waals surface area contributed by atoms with Crippen molar-refractivity contribution in [1.29, 1.82) is 0 Å². The van der Waals surface area contributed by atoms with Crippen LogP contribution < -0.4 is 9.80 Å². The number of piperazine rings is 1. The molecule has 2 aliphatic rings. The van der Waals surface area contributed by atoms with Crippen LogP contribution in [0, 0.1) is 17.0 Å². The fourth-order valence-corrected chi connectivity index (χ4v) is 5.65. The molecule has 4 rings (SSSR count). The fraction of sp³-hybridized carbons (Fsp3) is 0.524. The topological polar surface area (TPSA) is 113 Å². The molecule has 3 heterocycles. The monoisotopic (exact) mass is 460 g/mol. The number of nitro benzene ring substituents is 1. The van der Waals surface area contributed by atoms with Crippen LogP contribution in [-0.2, 0) is 10.0 Å². The number of nitro groups is 1. The van der Waals surface area contributed by atoms with Crippen LogP contribution in [-0.4, -0.2) is 67.1 Å². The lowest BCUT2D eigenvalue weighted by Crippen LogP contribution is -2.49. The molecule has 32 heavy (non-hydrogen) atoms. The largest absolute Gasteiger partial charge is 0.355 e. The van der Waals surface area contributed by atoms with Crippen LogP contribution in [0.2, 0.25) is 0 Å². The average molecular weight is 461 g/mol. The minimum absolute atomic E-state index is 0.0511. The number of sulfonamides is 1. The third kappa shape index (κ3) is 4.68. The smallest absolute Gasteiger partial charge is 0.273 e. The number of aromatic nitrogens is 2. The van der Waals surface area contributed by atoms with E-state index >= 15 is 0 Å². The summed E-state index contributed by atoms with van der Waals surface area (Å²) in [7, 11) is -3.81. The van der Waals surface area contributed by atoms with Crippen molar-refractivity contribution in [2.45, 2.75) is 37.5 Å². The lowest BCUT2D eigenvalue weighted by molar-refractivity contribution is -0.385. The lowest BCUT2D eigenvalue weighted by atomic mass is 10.2. The SMILES string of the molecule is Cc1ccc(S(=O)(=O)N2CCN(c3ccc(N4CCCCCC4)nn3)CC2)cc1[N+](=O)[O-]. The Morgan fingerprint density at radius 2 is 1.41 bits per heavy atom. The Morgan fingerprint density at radius 3 is 1.94 bits per heavy atom. The zero-order valence-corrected chi connectivity index (χ0v) is 19.0. The van der Waals surface area contributed by atoms with Crippen LogP contribution in [0.5, 0.6) is 0 Å². The number of aryl methyl sites for hydroxylation is 1. The van der Waals surface area contributed by atoms with Crippen LogP contribution in [0.4, 0.5) is 17.3 Å². The summed E-state index contributed by atoms with van der Waals surface area (Å²) in [5, 5.41) is 20.0. The van der Waals surface area contributed by atoms with E-state index in [9.17, 15) is 18.5 Å².